The fraction of sp³-hybridized carbons (Fsp3) is 0.0526. The molecule has 2 aromatic carbocycles. The lowest BCUT2D eigenvalue weighted by Crippen LogP contribution is -2.26. The van der Waals surface area contributed by atoms with Gasteiger partial charge in [0.1, 0.15) is 11.5 Å². The first-order chi connectivity index (χ1) is 11.5. The molecule has 0 bridgehead atoms. The molecular formula is C19H14NO4-. The smallest absolute Gasteiger partial charge is 0.256 e. The SMILES string of the molecule is Cc1ccc(-c2ccc(NC(=O)c3ccccc3C(=O)[O-])cc2)o1. The second-order valence-corrected chi connectivity index (χ2v) is 5.27. The predicted octanol–water partition coefficient (Wildman–Crippen LogP) is 2.87. The van der Waals surface area contributed by atoms with Crippen molar-refractivity contribution in [2.45, 2.75) is 6.92 Å². The van der Waals surface area contributed by atoms with E-state index in [1.165, 1.54) is 12.1 Å². The summed E-state index contributed by atoms with van der Waals surface area (Å²) in [6.45, 7) is 1.87. The van der Waals surface area contributed by atoms with Crippen molar-refractivity contribution in [1.82, 2.24) is 0 Å². The van der Waals surface area contributed by atoms with Crippen LogP contribution in [0.3, 0.4) is 0 Å². The highest BCUT2D eigenvalue weighted by atomic mass is 16.4. The highest BCUT2D eigenvalue weighted by Gasteiger charge is 2.12. The lowest BCUT2D eigenvalue weighted by Gasteiger charge is -2.11. The Hall–Kier alpha value is -3.34. The second kappa shape index (κ2) is 6.42. The molecule has 3 aromatic rings. The molecule has 24 heavy (non-hydrogen) atoms. The minimum absolute atomic E-state index is 0.0586. The summed E-state index contributed by atoms with van der Waals surface area (Å²) < 4.78 is 5.54. The van der Waals surface area contributed by atoms with Gasteiger partial charge in [-0.25, -0.2) is 0 Å². The molecule has 0 aliphatic carbocycles. The first-order valence-corrected chi connectivity index (χ1v) is 7.33. The molecule has 1 N–H and O–H groups in total. The zero-order valence-electron chi connectivity index (χ0n) is 12.9. The summed E-state index contributed by atoms with van der Waals surface area (Å²) in [7, 11) is 0. The lowest BCUT2D eigenvalue weighted by atomic mass is 10.1. The molecule has 0 aliphatic heterocycles. The molecule has 0 spiro atoms. The third kappa shape index (κ3) is 3.20. The van der Waals surface area contributed by atoms with Gasteiger partial charge in [-0.3, -0.25) is 4.79 Å². The number of carboxylic acid groups (broad SMARTS) is 1. The average molecular weight is 320 g/mol. The minimum Gasteiger partial charge on any atom is -0.545 e. The van der Waals surface area contributed by atoms with Crippen LogP contribution >= 0.6 is 0 Å². The van der Waals surface area contributed by atoms with Crippen LogP contribution in [0.15, 0.2) is 65.1 Å². The van der Waals surface area contributed by atoms with Crippen molar-refractivity contribution < 1.29 is 19.1 Å². The number of amides is 1. The van der Waals surface area contributed by atoms with Gasteiger partial charge < -0.3 is 19.6 Å². The maximum Gasteiger partial charge on any atom is 0.256 e. The van der Waals surface area contributed by atoms with Crippen LogP contribution in [0.25, 0.3) is 11.3 Å². The van der Waals surface area contributed by atoms with Gasteiger partial charge in [-0.15, -0.1) is 0 Å². The van der Waals surface area contributed by atoms with Gasteiger partial charge in [0.05, 0.1) is 5.97 Å². The van der Waals surface area contributed by atoms with E-state index in [9.17, 15) is 14.7 Å². The van der Waals surface area contributed by atoms with E-state index in [4.69, 9.17) is 4.42 Å². The molecule has 120 valence electrons. The standard InChI is InChI=1S/C19H15NO4/c1-12-6-11-17(24-12)13-7-9-14(10-8-13)20-18(21)15-4-2-3-5-16(15)19(22)23/h2-11H,1H3,(H,20,21)(H,22,23)/p-1. The summed E-state index contributed by atoms with van der Waals surface area (Å²) in [4.78, 5) is 23.4. The second-order valence-electron chi connectivity index (χ2n) is 5.27. The molecule has 0 fully saturated rings. The Kier molecular flexibility index (Phi) is 4.16. The normalized spacial score (nSPS) is 10.4. The van der Waals surface area contributed by atoms with Gasteiger partial charge in [0.2, 0.25) is 0 Å². The van der Waals surface area contributed by atoms with E-state index in [1.807, 2.05) is 31.2 Å². The Morgan fingerprint density at radius 2 is 1.58 bits per heavy atom. The van der Waals surface area contributed by atoms with Crippen molar-refractivity contribution in [2.24, 2.45) is 0 Å². The highest BCUT2D eigenvalue weighted by Crippen LogP contribution is 2.23. The van der Waals surface area contributed by atoms with Gasteiger partial charge in [0, 0.05) is 22.4 Å². The molecule has 0 unspecified atom stereocenters. The lowest BCUT2D eigenvalue weighted by molar-refractivity contribution is -0.255. The van der Waals surface area contributed by atoms with E-state index in [0.717, 1.165) is 17.1 Å². The van der Waals surface area contributed by atoms with Gasteiger partial charge in [-0.2, -0.15) is 0 Å². The van der Waals surface area contributed by atoms with Crippen molar-refractivity contribution in [1.29, 1.82) is 0 Å². The maximum atomic E-state index is 12.3. The average Bonchev–Trinajstić information content (AvgIpc) is 3.02. The third-order valence-corrected chi connectivity index (χ3v) is 3.56. The van der Waals surface area contributed by atoms with Crippen LogP contribution in [0.4, 0.5) is 5.69 Å². The monoisotopic (exact) mass is 320 g/mol. The number of carbonyl (C=O) groups excluding carboxylic acids is 2. The number of rotatable bonds is 4. The first-order valence-electron chi connectivity index (χ1n) is 7.33. The Morgan fingerprint density at radius 1 is 0.917 bits per heavy atom. The number of anilines is 1. The molecule has 0 atom stereocenters. The van der Waals surface area contributed by atoms with Crippen LogP contribution in [0.2, 0.25) is 0 Å². The largest absolute Gasteiger partial charge is 0.545 e. The summed E-state index contributed by atoms with van der Waals surface area (Å²) in [5, 5.41) is 13.8. The molecule has 5 nitrogen and oxygen atoms in total. The number of aromatic carboxylic acids is 1. The summed E-state index contributed by atoms with van der Waals surface area (Å²) >= 11 is 0. The minimum atomic E-state index is -1.38. The van der Waals surface area contributed by atoms with Gasteiger partial charge in [0.25, 0.3) is 5.91 Å². The van der Waals surface area contributed by atoms with Crippen molar-refractivity contribution in [3.8, 4) is 11.3 Å². The molecule has 0 saturated heterocycles. The van der Waals surface area contributed by atoms with E-state index in [-0.39, 0.29) is 11.1 Å². The van der Waals surface area contributed by atoms with E-state index in [1.54, 1.807) is 24.3 Å². The van der Waals surface area contributed by atoms with Crippen LogP contribution in [0, 0.1) is 6.92 Å². The van der Waals surface area contributed by atoms with E-state index < -0.39 is 11.9 Å². The molecule has 1 aromatic heterocycles. The Morgan fingerprint density at radius 3 is 2.17 bits per heavy atom. The Labute approximate surface area is 138 Å². The van der Waals surface area contributed by atoms with E-state index in [0.29, 0.717) is 5.69 Å². The third-order valence-electron chi connectivity index (χ3n) is 3.56. The predicted molar refractivity (Wildman–Crippen MR) is 87.6 cm³/mol. The summed E-state index contributed by atoms with van der Waals surface area (Å²) in [6, 6.07) is 16.8. The zero-order valence-corrected chi connectivity index (χ0v) is 12.9. The number of carbonyl (C=O) groups is 2. The molecule has 0 saturated carbocycles. The highest BCUT2D eigenvalue weighted by molar-refractivity contribution is 6.10. The molecule has 3 rings (SSSR count). The molecular weight excluding hydrogens is 306 g/mol. The Bertz CT molecular complexity index is 894. The fourth-order valence-electron chi connectivity index (χ4n) is 2.37. The van der Waals surface area contributed by atoms with E-state index in [2.05, 4.69) is 5.32 Å². The van der Waals surface area contributed by atoms with Crippen molar-refractivity contribution >= 4 is 17.6 Å². The number of aryl methyl sites for hydroxylation is 1. The van der Waals surface area contributed by atoms with Crippen molar-refractivity contribution in [2.75, 3.05) is 5.32 Å². The van der Waals surface area contributed by atoms with Crippen molar-refractivity contribution in [3.05, 3.63) is 77.6 Å². The van der Waals surface area contributed by atoms with Gasteiger partial charge in [-0.05, 0) is 49.4 Å². The Balaban J connectivity index is 1.79. The summed E-state index contributed by atoms with van der Waals surface area (Å²) in [5.41, 5.74) is 1.36. The number of benzene rings is 2. The van der Waals surface area contributed by atoms with Crippen LogP contribution in [-0.2, 0) is 0 Å². The quantitative estimate of drug-likeness (QED) is 0.801. The van der Waals surface area contributed by atoms with Gasteiger partial charge in [0.15, 0.2) is 0 Å². The molecule has 0 radical (unpaired) electrons. The summed E-state index contributed by atoms with van der Waals surface area (Å²) in [5.74, 6) is -0.324. The topological polar surface area (TPSA) is 82.4 Å². The molecule has 1 amide bonds. The molecule has 0 aliphatic rings. The van der Waals surface area contributed by atoms with Crippen LogP contribution in [-0.4, -0.2) is 11.9 Å². The van der Waals surface area contributed by atoms with Crippen LogP contribution in [0.5, 0.6) is 0 Å². The van der Waals surface area contributed by atoms with E-state index >= 15 is 0 Å². The van der Waals surface area contributed by atoms with Crippen molar-refractivity contribution in [3.63, 3.8) is 0 Å². The van der Waals surface area contributed by atoms with Gasteiger partial charge >= 0.3 is 0 Å². The van der Waals surface area contributed by atoms with Gasteiger partial charge in [-0.1, -0.05) is 18.2 Å². The fourth-order valence-corrected chi connectivity index (χ4v) is 2.37. The number of hydrogen-bond donors (Lipinski definition) is 1. The molecule has 1 heterocycles. The zero-order chi connectivity index (χ0) is 17.1. The maximum absolute atomic E-state index is 12.3. The molecule has 5 heteroatoms. The summed E-state index contributed by atoms with van der Waals surface area (Å²) in [6.07, 6.45) is 0. The van der Waals surface area contributed by atoms with Crippen LogP contribution in [0.1, 0.15) is 26.5 Å². The first kappa shape index (κ1) is 15.6. The number of furan rings is 1. The number of hydrogen-bond acceptors (Lipinski definition) is 4. The number of carboxylic acids is 1. The van der Waals surface area contributed by atoms with Crippen LogP contribution < -0.4 is 10.4 Å². The number of nitrogens with one attached hydrogen (secondary N) is 1.